The first kappa shape index (κ1) is 21.5. The predicted molar refractivity (Wildman–Crippen MR) is 96.8 cm³/mol. The van der Waals surface area contributed by atoms with E-state index in [9.17, 15) is 27.9 Å². The van der Waals surface area contributed by atoms with Crippen LogP contribution in [0.2, 0.25) is 0 Å². The highest BCUT2D eigenvalue weighted by molar-refractivity contribution is 8.00. The molecule has 0 spiro atoms. The Hall–Kier alpha value is -2.21. The Morgan fingerprint density at radius 3 is 2.79 bits per heavy atom. The van der Waals surface area contributed by atoms with Crippen LogP contribution in [0.5, 0.6) is 0 Å². The number of tetrazole rings is 1. The van der Waals surface area contributed by atoms with E-state index < -0.39 is 45.3 Å². The first-order valence-electron chi connectivity index (χ1n) is 7.74. The number of rotatable bonds is 8. The zero-order valence-electron chi connectivity index (χ0n) is 14.4. The topological polar surface area (TPSA) is 208 Å². The molecule has 0 aliphatic carbocycles. The number of fused-ring (bicyclic) bond motifs is 1. The van der Waals surface area contributed by atoms with Crippen molar-refractivity contribution in [1.29, 1.82) is 0 Å². The number of nitrogens with zero attached hydrogens (tertiary/aromatic N) is 5. The van der Waals surface area contributed by atoms with Crippen LogP contribution in [0.15, 0.2) is 16.4 Å². The number of amides is 1. The Morgan fingerprint density at radius 2 is 2.14 bits per heavy atom. The molecule has 2 atom stereocenters. The Kier molecular flexibility index (Phi) is 6.13. The lowest BCUT2D eigenvalue weighted by atomic mass is 10.0. The number of ether oxygens (including phenoxy) is 1. The number of nitrogens with two attached hydrogens (primary N) is 1. The molecule has 29 heavy (non-hydrogen) atoms. The molecule has 0 saturated carbocycles. The van der Waals surface area contributed by atoms with E-state index in [0.29, 0.717) is 0 Å². The maximum atomic E-state index is 12.0. The molecule has 0 bridgehead atoms. The summed E-state index contributed by atoms with van der Waals surface area (Å²) in [7, 11) is -4.37. The summed E-state index contributed by atoms with van der Waals surface area (Å²) in [6, 6.07) is -0.761. The van der Waals surface area contributed by atoms with Gasteiger partial charge in [0, 0.05) is 11.3 Å². The van der Waals surface area contributed by atoms with Crippen LogP contribution in [0.25, 0.3) is 0 Å². The Bertz CT molecular complexity index is 992. The number of carbonyl (C=O) groups excluding carboxylic acids is 2. The molecule has 158 valence electrons. The molecule has 1 aromatic rings. The quantitative estimate of drug-likeness (QED) is 0.160. The van der Waals surface area contributed by atoms with Crippen molar-refractivity contribution in [3.05, 3.63) is 11.3 Å². The van der Waals surface area contributed by atoms with E-state index in [1.807, 2.05) is 0 Å². The normalized spacial score (nSPS) is 21.6. The number of thioether (sulfide) groups is 2. The van der Waals surface area contributed by atoms with Crippen LogP contribution in [0.3, 0.4) is 0 Å². The van der Waals surface area contributed by atoms with Gasteiger partial charge in [-0.1, -0.05) is 11.8 Å². The molecule has 0 unspecified atom stereocenters. The number of esters is 1. The van der Waals surface area contributed by atoms with Gasteiger partial charge in [0.2, 0.25) is 11.1 Å². The van der Waals surface area contributed by atoms with Gasteiger partial charge in [-0.2, -0.15) is 8.42 Å². The van der Waals surface area contributed by atoms with Crippen LogP contribution in [-0.2, 0) is 35.1 Å². The van der Waals surface area contributed by atoms with Crippen LogP contribution < -0.4 is 5.73 Å². The maximum Gasteiger partial charge on any atom is 0.352 e. The molecule has 3 heterocycles. The molecule has 0 radical (unpaired) electrons. The summed E-state index contributed by atoms with van der Waals surface area (Å²) < 4.78 is 36.5. The van der Waals surface area contributed by atoms with Crippen LogP contribution in [0, 0.1) is 0 Å². The number of β-lactam (4-membered cyclic amide) rings is 1. The van der Waals surface area contributed by atoms with Gasteiger partial charge in [-0.05, 0) is 10.4 Å². The molecule has 14 nitrogen and oxygen atoms in total. The molecular weight excluding hydrogens is 452 g/mol. The monoisotopic (exact) mass is 466 g/mol. The van der Waals surface area contributed by atoms with E-state index in [1.165, 1.54) is 11.8 Å². The fourth-order valence-corrected chi connectivity index (χ4v) is 5.07. The van der Waals surface area contributed by atoms with E-state index in [2.05, 4.69) is 15.5 Å². The minimum absolute atomic E-state index is 0.0405. The predicted octanol–water partition coefficient (Wildman–Crippen LogP) is -2.27. The molecule has 2 aliphatic rings. The zero-order chi connectivity index (χ0) is 21.3. The second-order valence-electron chi connectivity index (χ2n) is 5.81. The lowest BCUT2D eigenvalue weighted by molar-refractivity contribution is -0.148. The molecule has 2 aliphatic heterocycles. The van der Waals surface area contributed by atoms with Crippen LogP contribution in [0.1, 0.15) is 0 Å². The van der Waals surface area contributed by atoms with Crippen molar-refractivity contribution in [1.82, 2.24) is 25.1 Å². The van der Waals surface area contributed by atoms with Gasteiger partial charge in [-0.15, -0.1) is 16.9 Å². The molecule has 3 rings (SSSR count). The van der Waals surface area contributed by atoms with Crippen LogP contribution in [0.4, 0.5) is 0 Å². The third-order valence-corrected chi connectivity index (χ3v) is 6.66. The summed E-state index contributed by atoms with van der Waals surface area (Å²) >= 11 is 2.04. The van der Waals surface area contributed by atoms with Crippen molar-refractivity contribution in [3.63, 3.8) is 0 Å². The first-order chi connectivity index (χ1) is 13.6. The average molecular weight is 466 g/mol. The highest BCUT2D eigenvalue weighted by atomic mass is 32.2. The van der Waals surface area contributed by atoms with Gasteiger partial charge in [0.15, 0.2) is 5.88 Å². The number of aromatic nitrogens is 4. The molecule has 4 N–H and O–H groups in total. The van der Waals surface area contributed by atoms with E-state index in [1.54, 1.807) is 0 Å². The molecule has 1 aromatic heterocycles. The third-order valence-electron chi connectivity index (χ3n) is 3.80. The van der Waals surface area contributed by atoms with Crippen LogP contribution >= 0.6 is 23.5 Å². The fourth-order valence-electron chi connectivity index (χ4n) is 2.56. The summed E-state index contributed by atoms with van der Waals surface area (Å²) in [5.74, 6) is -3.52. The van der Waals surface area contributed by atoms with Crippen molar-refractivity contribution in [2.45, 2.75) is 22.4 Å². The summed E-state index contributed by atoms with van der Waals surface area (Å²) in [6.45, 7) is -0.338. The molecule has 0 aromatic carbocycles. The standard InChI is InChI=1S/C12H14N6O8S3/c13-7-9(20)18-8(11(21)22)5(2-27-10(7)18)1-26-6(19)3-28-12-14-15-16-17(12)4-29(23,24)25/h7,10H,1-4,13H2,(H,21,22)(H,23,24,25)/t7-,10-/m1/s1. The summed E-state index contributed by atoms with van der Waals surface area (Å²) in [5.41, 5.74) is 5.68. The second kappa shape index (κ2) is 8.27. The van der Waals surface area contributed by atoms with E-state index in [-0.39, 0.29) is 34.5 Å². The molecule has 1 amide bonds. The van der Waals surface area contributed by atoms with Gasteiger partial charge in [0.25, 0.3) is 10.1 Å². The second-order valence-corrected chi connectivity index (χ2v) is 9.28. The number of aliphatic carboxylic acids is 1. The van der Waals surface area contributed by atoms with Gasteiger partial charge in [-0.25, -0.2) is 9.48 Å². The number of carboxylic acid groups (broad SMARTS) is 1. The van der Waals surface area contributed by atoms with E-state index >= 15 is 0 Å². The number of hydrogen-bond acceptors (Lipinski definition) is 12. The van der Waals surface area contributed by atoms with Crippen molar-refractivity contribution >= 4 is 51.5 Å². The Morgan fingerprint density at radius 1 is 1.41 bits per heavy atom. The number of carbonyl (C=O) groups is 3. The third kappa shape index (κ3) is 4.69. The highest BCUT2D eigenvalue weighted by Crippen LogP contribution is 2.39. The van der Waals surface area contributed by atoms with E-state index in [0.717, 1.165) is 21.3 Å². The molecule has 17 heteroatoms. The SMILES string of the molecule is N[C@@H]1C(=O)N2C(C(=O)O)=C(COC(=O)CSc3nnnn3CS(=O)(=O)O)CS[C@H]12. The fraction of sp³-hybridized carbons (Fsp3) is 0.500. The zero-order valence-corrected chi connectivity index (χ0v) is 16.8. The lowest BCUT2D eigenvalue weighted by Gasteiger charge is -2.47. The highest BCUT2D eigenvalue weighted by Gasteiger charge is 2.51. The Labute approximate surface area is 171 Å². The largest absolute Gasteiger partial charge is 0.477 e. The minimum atomic E-state index is -4.37. The lowest BCUT2D eigenvalue weighted by Crippen LogP contribution is -2.68. The number of hydrogen-bond donors (Lipinski definition) is 3. The maximum absolute atomic E-state index is 12.0. The van der Waals surface area contributed by atoms with Crippen molar-refractivity contribution in [2.24, 2.45) is 5.73 Å². The Balaban J connectivity index is 1.59. The van der Waals surface area contributed by atoms with Gasteiger partial charge < -0.3 is 15.6 Å². The molecule has 1 saturated heterocycles. The first-order valence-corrected chi connectivity index (χ1v) is 11.4. The van der Waals surface area contributed by atoms with Gasteiger partial charge in [0.1, 0.15) is 23.7 Å². The minimum Gasteiger partial charge on any atom is -0.477 e. The van der Waals surface area contributed by atoms with Crippen molar-refractivity contribution in [3.8, 4) is 0 Å². The van der Waals surface area contributed by atoms with Gasteiger partial charge in [-0.3, -0.25) is 19.0 Å². The summed E-state index contributed by atoms with van der Waals surface area (Å²) in [5, 5.41) is 19.1. The summed E-state index contributed by atoms with van der Waals surface area (Å²) in [4.78, 5) is 36.4. The van der Waals surface area contributed by atoms with Crippen LogP contribution in [-0.4, -0.2) is 90.6 Å². The molecular formula is C12H14N6O8S3. The smallest absolute Gasteiger partial charge is 0.352 e. The van der Waals surface area contributed by atoms with Crippen molar-refractivity contribution < 1.29 is 37.2 Å². The van der Waals surface area contributed by atoms with Crippen molar-refractivity contribution in [2.75, 3.05) is 18.1 Å². The average Bonchev–Trinajstić information content (AvgIpc) is 3.08. The van der Waals surface area contributed by atoms with Gasteiger partial charge in [0.05, 0.1) is 5.75 Å². The van der Waals surface area contributed by atoms with E-state index in [4.69, 9.17) is 15.0 Å². The number of carboxylic acids is 1. The molecule has 1 fully saturated rings. The summed E-state index contributed by atoms with van der Waals surface area (Å²) in [6.07, 6.45) is 0. The van der Waals surface area contributed by atoms with Gasteiger partial charge >= 0.3 is 11.9 Å².